The predicted molar refractivity (Wildman–Crippen MR) is 56.7 cm³/mol. The van der Waals surface area contributed by atoms with Gasteiger partial charge in [-0.1, -0.05) is 19.3 Å². The molecule has 15 heavy (non-hydrogen) atoms. The van der Waals surface area contributed by atoms with Gasteiger partial charge in [0, 0.05) is 4.88 Å². The Balaban J connectivity index is 2.37. The van der Waals surface area contributed by atoms with Gasteiger partial charge in [0.1, 0.15) is 5.41 Å². The monoisotopic (exact) mass is 228 g/mol. The second-order valence-electron chi connectivity index (χ2n) is 4.05. The van der Waals surface area contributed by atoms with Crippen LogP contribution >= 0.6 is 11.3 Å². The van der Waals surface area contributed by atoms with Crippen LogP contribution in [-0.4, -0.2) is 11.1 Å². The highest BCUT2D eigenvalue weighted by molar-refractivity contribution is 7.10. The first kappa shape index (κ1) is 10.6. The highest BCUT2D eigenvalue weighted by Gasteiger charge is 2.42. The quantitative estimate of drug-likeness (QED) is 0.844. The van der Waals surface area contributed by atoms with Crippen LogP contribution in [0.2, 0.25) is 0 Å². The van der Waals surface area contributed by atoms with Gasteiger partial charge in [0.25, 0.3) is 0 Å². The van der Waals surface area contributed by atoms with Crippen LogP contribution in [0.3, 0.4) is 0 Å². The number of hydrogen-bond acceptors (Lipinski definition) is 2. The minimum atomic E-state index is -0.812. The smallest absolute Gasteiger partial charge is 0.314 e. The van der Waals surface area contributed by atoms with E-state index < -0.39 is 11.4 Å². The van der Waals surface area contributed by atoms with Gasteiger partial charge in [0.2, 0.25) is 0 Å². The molecule has 0 saturated heterocycles. The lowest BCUT2D eigenvalue weighted by Crippen LogP contribution is -2.36. The standard InChI is InChI=1S/C11H13FO2S/c12-9-5-4-8(15-9)11(10(13)14)6-2-1-3-7-11/h4-5H,1-3,6-7H2,(H,13,14). The Labute approximate surface area is 91.7 Å². The van der Waals surface area contributed by atoms with Gasteiger partial charge in [0.15, 0.2) is 5.13 Å². The highest BCUT2D eigenvalue weighted by atomic mass is 32.1. The molecule has 1 heterocycles. The summed E-state index contributed by atoms with van der Waals surface area (Å²) in [5.41, 5.74) is -0.812. The van der Waals surface area contributed by atoms with Crippen molar-refractivity contribution >= 4 is 17.3 Å². The second kappa shape index (κ2) is 3.93. The fourth-order valence-corrected chi connectivity index (χ4v) is 3.26. The molecule has 1 saturated carbocycles. The van der Waals surface area contributed by atoms with Crippen molar-refractivity contribution in [2.75, 3.05) is 0 Å². The maximum atomic E-state index is 12.9. The molecule has 0 atom stereocenters. The van der Waals surface area contributed by atoms with Gasteiger partial charge >= 0.3 is 5.97 Å². The van der Waals surface area contributed by atoms with Crippen molar-refractivity contribution in [1.82, 2.24) is 0 Å². The van der Waals surface area contributed by atoms with Crippen LogP contribution in [0.1, 0.15) is 37.0 Å². The van der Waals surface area contributed by atoms with Crippen LogP contribution in [0.5, 0.6) is 0 Å². The molecule has 0 spiro atoms. The van der Waals surface area contributed by atoms with Crippen molar-refractivity contribution in [2.24, 2.45) is 0 Å². The number of thiophene rings is 1. The lowest BCUT2D eigenvalue weighted by atomic mass is 9.73. The van der Waals surface area contributed by atoms with Crippen LogP contribution in [0.25, 0.3) is 0 Å². The van der Waals surface area contributed by atoms with Gasteiger partial charge in [0.05, 0.1) is 0 Å². The summed E-state index contributed by atoms with van der Waals surface area (Å²) in [4.78, 5) is 12.0. The molecule has 1 aromatic heterocycles. The molecule has 0 amide bonds. The Morgan fingerprint density at radius 1 is 1.33 bits per heavy atom. The van der Waals surface area contributed by atoms with Crippen molar-refractivity contribution in [1.29, 1.82) is 0 Å². The molecular weight excluding hydrogens is 215 g/mol. The molecule has 4 heteroatoms. The molecule has 2 rings (SSSR count). The lowest BCUT2D eigenvalue weighted by Gasteiger charge is -2.32. The zero-order valence-electron chi connectivity index (χ0n) is 8.33. The number of carbonyl (C=O) groups is 1. The Morgan fingerprint density at radius 3 is 2.47 bits per heavy atom. The van der Waals surface area contributed by atoms with Gasteiger partial charge in [-0.15, -0.1) is 11.3 Å². The van der Waals surface area contributed by atoms with Crippen molar-refractivity contribution in [2.45, 2.75) is 37.5 Å². The number of hydrogen-bond donors (Lipinski definition) is 1. The second-order valence-corrected chi connectivity index (χ2v) is 5.09. The number of halogens is 1. The van der Waals surface area contributed by atoms with E-state index in [0.29, 0.717) is 17.7 Å². The maximum Gasteiger partial charge on any atom is 0.314 e. The predicted octanol–water partition coefficient (Wildman–Crippen LogP) is 3.17. The summed E-state index contributed by atoms with van der Waals surface area (Å²) in [6, 6.07) is 2.98. The average Bonchev–Trinajstić information content (AvgIpc) is 2.66. The fraction of sp³-hybridized carbons (Fsp3) is 0.545. The molecule has 0 bridgehead atoms. The summed E-state index contributed by atoms with van der Waals surface area (Å²) in [6.45, 7) is 0. The third kappa shape index (κ3) is 1.78. The number of carboxylic acid groups (broad SMARTS) is 1. The number of aliphatic carboxylic acids is 1. The number of carboxylic acids is 1. The Kier molecular flexibility index (Phi) is 2.78. The molecule has 1 aliphatic carbocycles. The summed E-state index contributed by atoms with van der Waals surface area (Å²) >= 11 is 0.974. The van der Waals surface area contributed by atoms with Crippen molar-refractivity contribution in [3.63, 3.8) is 0 Å². The molecular formula is C11H13FO2S. The lowest BCUT2D eigenvalue weighted by molar-refractivity contribution is -0.145. The van der Waals surface area contributed by atoms with Gasteiger partial charge in [-0.25, -0.2) is 0 Å². The van der Waals surface area contributed by atoms with Crippen LogP contribution in [0, 0.1) is 5.13 Å². The number of rotatable bonds is 2. The third-order valence-corrected chi connectivity index (χ3v) is 4.24. The average molecular weight is 228 g/mol. The van der Waals surface area contributed by atoms with E-state index in [0.717, 1.165) is 30.6 Å². The van der Waals surface area contributed by atoms with E-state index in [-0.39, 0.29) is 5.13 Å². The van der Waals surface area contributed by atoms with E-state index in [9.17, 15) is 14.3 Å². The van der Waals surface area contributed by atoms with E-state index in [1.54, 1.807) is 6.07 Å². The van der Waals surface area contributed by atoms with Gasteiger partial charge in [-0.3, -0.25) is 4.79 Å². The summed E-state index contributed by atoms with van der Waals surface area (Å²) in [7, 11) is 0. The van der Waals surface area contributed by atoms with Crippen LogP contribution in [-0.2, 0) is 10.2 Å². The Hall–Kier alpha value is -0.900. The summed E-state index contributed by atoms with van der Waals surface area (Å²) < 4.78 is 12.9. The summed E-state index contributed by atoms with van der Waals surface area (Å²) in [5.74, 6) is -0.802. The normalized spacial score (nSPS) is 20.1. The molecule has 2 nitrogen and oxygen atoms in total. The minimum absolute atomic E-state index is 0.295. The SMILES string of the molecule is O=C(O)C1(c2ccc(F)s2)CCCCC1. The van der Waals surface area contributed by atoms with E-state index in [1.807, 2.05) is 0 Å². The molecule has 0 aromatic carbocycles. The Bertz CT molecular complexity index is 366. The van der Waals surface area contributed by atoms with Crippen molar-refractivity contribution < 1.29 is 14.3 Å². The zero-order valence-corrected chi connectivity index (χ0v) is 9.15. The first-order valence-corrected chi connectivity index (χ1v) is 5.96. The van der Waals surface area contributed by atoms with Crippen molar-refractivity contribution in [3.8, 4) is 0 Å². The third-order valence-electron chi connectivity index (χ3n) is 3.16. The first-order chi connectivity index (χ1) is 7.15. The molecule has 1 aliphatic rings. The van der Waals surface area contributed by atoms with Crippen molar-refractivity contribution in [3.05, 3.63) is 22.1 Å². The van der Waals surface area contributed by atoms with Gasteiger partial charge in [-0.2, -0.15) is 4.39 Å². The maximum absolute atomic E-state index is 12.9. The van der Waals surface area contributed by atoms with Crippen LogP contribution in [0.15, 0.2) is 12.1 Å². The molecule has 0 aliphatic heterocycles. The summed E-state index contributed by atoms with van der Waals surface area (Å²) in [6.07, 6.45) is 4.21. The molecule has 0 unspecified atom stereocenters. The van der Waals surface area contributed by atoms with Crippen LogP contribution < -0.4 is 0 Å². The molecule has 1 fully saturated rings. The van der Waals surface area contributed by atoms with Gasteiger partial charge in [-0.05, 0) is 25.0 Å². The van der Waals surface area contributed by atoms with E-state index >= 15 is 0 Å². The molecule has 82 valence electrons. The minimum Gasteiger partial charge on any atom is -0.481 e. The first-order valence-electron chi connectivity index (χ1n) is 5.14. The molecule has 1 N–H and O–H groups in total. The molecule has 0 radical (unpaired) electrons. The van der Waals surface area contributed by atoms with Gasteiger partial charge < -0.3 is 5.11 Å². The van der Waals surface area contributed by atoms with E-state index in [2.05, 4.69) is 0 Å². The molecule has 1 aromatic rings. The zero-order chi connectivity index (χ0) is 10.9. The Morgan fingerprint density at radius 2 is 2.00 bits per heavy atom. The fourth-order valence-electron chi connectivity index (χ4n) is 2.29. The highest BCUT2D eigenvalue weighted by Crippen LogP contribution is 2.42. The summed E-state index contributed by atoms with van der Waals surface area (Å²) in [5, 5.41) is 9.04. The van der Waals surface area contributed by atoms with E-state index in [1.165, 1.54) is 6.07 Å². The van der Waals surface area contributed by atoms with E-state index in [4.69, 9.17) is 0 Å². The largest absolute Gasteiger partial charge is 0.481 e. The van der Waals surface area contributed by atoms with Crippen LogP contribution in [0.4, 0.5) is 4.39 Å². The topological polar surface area (TPSA) is 37.3 Å².